The molecular formula is C14H11F3N4O. The fourth-order valence-corrected chi connectivity index (χ4v) is 2.03. The molecule has 2 aromatic heterocycles. The lowest BCUT2D eigenvalue weighted by Crippen LogP contribution is -2.07. The van der Waals surface area contributed by atoms with Crippen LogP contribution in [0.1, 0.15) is 11.4 Å². The molecule has 0 spiro atoms. The quantitative estimate of drug-likeness (QED) is 0.808. The second-order valence-electron chi connectivity index (χ2n) is 4.57. The van der Waals surface area contributed by atoms with Gasteiger partial charge in [-0.2, -0.15) is 13.2 Å². The van der Waals surface area contributed by atoms with E-state index in [4.69, 9.17) is 10.5 Å². The van der Waals surface area contributed by atoms with E-state index in [0.717, 1.165) is 12.1 Å². The third kappa shape index (κ3) is 2.67. The van der Waals surface area contributed by atoms with Gasteiger partial charge in [-0.3, -0.25) is 4.40 Å². The number of nitrogens with two attached hydrogens (primary N) is 1. The fourth-order valence-electron chi connectivity index (χ4n) is 2.03. The lowest BCUT2D eigenvalue weighted by Gasteiger charge is -2.10. The molecule has 2 N–H and O–H groups in total. The second-order valence-corrected chi connectivity index (χ2v) is 4.57. The number of fused-ring (bicyclic) bond motifs is 1. The molecule has 0 aliphatic heterocycles. The molecule has 1 aromatic carbocycles. The maximum atomic E-state index is 12.6. The van der Waals surface area contributed by atoms with Crippen molar-refractivity contribution in [2.75, 3.05) is 5.73 Å². The van der Waals surface area contributed by atoms with Crippen LogP contribution in [0.4, 0.5) is 19.0 Å². The summed E-state index contributed by atoms with van der Waals surface area (Å²) in [6.07, 6.45) is -4.41. The summed E-state index contributed by atoms with van der Waals surface area (Å²) in [5, 5.41) is 7.85. The molecule has 22 heavy (non-hydrogen) atoms. The summed E-state index contributed by atoms with van der Waals surface area (Å²) in [7, 11) is 0. The van der Waals surface area contributed by atoms with Crippen molar-refractivity contribution in [1.29, 1.82) is 0 Å². The average Bonchev–Trinajstić information content (AvgIpc) is 2.89. The number of hydrogen-bond donors (Lipinski definition) is 1. The first kappa shape index (κ1) is 14.2. The highest BCUT2D eigenvalue weighted by Gasteiger charge is 2.30. The topological polar surface area (TPSA) is 65.4 Å². The van der Waals surface area contributed by atoms with E-state index < -0.39 is 11.7 Å². The minimum atomic E-state index is -4.41. The third-order valence-corrected chi connectivity index (χ3v) is 3.05. The number of alkyl halides is 3. The van der Waals surface area contributed by atoms with E-state index in [1.165, 1.54) is 12.1 Å². The van der Waals surface area contributed by atoms with Crippen LogP contribution in [0.25, 0.3) is 5.65 Å². The van der Waals surface area contributed by atoms with Gasteiger partial charge in [-0.25, -0.2) is 0 Å². The number of hydrogen-bond acceptors (Lipinski definition) is 4. The minimum Gasteiger partial charge on any atom is -0.486 e. The highest BCUT2D eigenvalue weighted by molar-refractivity contribution is 5.47. The van der Waals surface area contributed by atoms with Crippen molar-refractivity contribution in [1.82, 2.24) is 14.6 Å². The largest absolute Gasteiger partial charge is 0.486 e. The molecule has 0 radical (unpaired) electrons. The van der Waals surface area contributed by atoms with Gasteiger partial charge >= 0.3 is 6.18 Å². The Morgan fingerprint density at radius 1 is 1.09 bits per heavy atom. The van der Waals surface area contributed by atoms with Crippen LogP contribution in [-0.4, -0.2) is 14.6 Å². The van der Waals surface area contributed by atoms with E-state index in [0.29, 0.717) is 17.3 Å². The summed E-state index contributed by atoms with van der Waals surface area (Å²) in [4.78, 5) is 0. The minimum absolute atomic E-state index is 0.0449. The fraction of sp³-hybridized carbons (Fsp3) is 0.143. The second kappa shape index (κ2) is 5.21. The highest BCUT2D eigenvalue weighted by Crippen LogP contribution is 2.31. The van der Waals surface area contributed by atoms with Gasteiger partial charge in [-0.05, 0) is 30.3 Å². The van der Waals surface area contributed by atoms with Crippen molar-refractivity contribution < 1.29 is 17.9 Å². The zero-order valence-corrected chi connectivity index (χ0v) is 11.2. The van der Waals surface area contributed by atoms with Crippen LogP contribution in [0.15, 0.2) is 42.5 Å². The standard InChI is InChI=1S/C14H11F3N4O/c15-14(16,17)9-3-1-4-10(7-9)22-8-13-20-19-12-6-2-5-11(18)21(12)13/h1-7H,8,18H2. The summed E-state index contributed by atoms with van der Waals surface area (Å²) >= 11 is 0. The van der Waals surface area contributed by atoms with Crippen LogP contribution >= 0.6 is 0 Å². The lowest BCUT2D eigenvalue weighted by atomic mass is 10.2. The summed E-state index contributed by atoms with van der Waals surface area (Å²) < 4.78 is 44.9. The van der Waals surface area contributed by atoms with Crippen molar-refractivity contribution in [2.24, 2.45) is 0 Å². The number of pyridine rings is 1. The van der Waals surface area contributed by atoms with Crippen LogP contribution in [0, 0.1) is 0 Å². The summed E-state index contributed by atoms with van der Waals surface area (Å²) in [6.45, 7) is -0.0449. The molecule has 114 valence electrons. The number of aromatic nitrogens is 3. The number of nitrogens with zero attached hydrogens (tertiary/aromatic N) is 3. The maximum Gasteiger partial charge on any atom is 0.416 e. The Bertz CT molecular complexity index is 813. The van der Waals surface area contributed by atoms with Crippen molar-refractivity contribution in [3.05, 3.63) is 53.9 Å². The molecule has 0 bridgehead atoms. The van der Waals surface area contributed by atoms with Gasteiger partial charge in [-0.1, -0.05) is 12.1 Å². The van der Waals surface area contributed by atoms with Crippen molar-refractivity contribution in [3.8, 4) is 5.75 Å². The Morgan fingerprint density at radius 3 is 2.64 bits per heavy atom. The number of halogens is 3. The molecule has 0 aliphatic rings. The maximum absolute atomic E-state index is 12.6. The number of benzene rings is 1. The van der Waals surface area contributed by atoms with Gasteiger partial charge in [0.1, 0.15) is 18.2 Å². The predicted molar refractivity (Wildman–Crippen MR) is 73.2 cm³/mol. The Kier molecular flexibility index (Phi) is 3.36. The van der Waals surface area contributed by atoms with Gasteiger partial charge in [0.25, 0.3) is 0 Å². The van der Waals surface area contributed by atoms with Crippen LogP contribution in [0.2, 0.25) is 0 Å². The summed E-state index contributed by atoms with van der Waals surface area (Å²) in [6, 6.07) is 9.78. The van der Waals surface area contributed by atoms with Crippen LogP contribution in [0.5, 0.6) is 5.75 Å². The first-order chi connectivity index (χ1) is 10.4. The molecule has 3 aromatic rings. The molecule has 5 nitrogen and oxygen atoms in total. The number of rotatable bonds is 3. The van der Waals surface area contributed by atoms with E-state index in [1.807, 2.05) is 0 Å². The van der Waals surface area contributed by atoms with Crippen molar-refractivity contribution in [2.45, 2.75) is 12.8 Å². The van der Waals surface area contributed by atoms with Crippen molar-refractivity contribution >= 4 is 11.5 Å². The zero-order chi connectivity index (χ0) is 15.7. The molecule has 0 saturated heterocycles. The summed E-state index contributed by atoms with van der Waals surface area (Å²) in [5.41, 5.74) is 5.61. The average molecular weight is 308 g/mol. The highest BCUT2D eigenvalue weighted by atomic mass is 19.4. The SMILES string of the molecule is Nc1cccc2nnc(COc3cccc(C(F)(F)F)c3)n12. The van der Waals surface area contributed by atoms with Gasteiger partial charge in [-0.15, -0.1) is 10.2 Å². The van der Waals surface area contributed by atoms with Gasteiger partial charge < -0.3 is 10.5 Å². The third-order valence-electron chi connectivity index (χ3n) is 3.05. The van der Waals surface area contributed by atoms with Gasteiger partial charge in [0.05, 0.1) is 5.56 Å². The molecule has 0 atom stereocenters. The summed E-state index contributed by atoms with van der Waals surface area (Å²) in [5.74, 6) is 0.928. The van der Waals surface area contributed by atoms with E-state index in [9.17, 15) is 13.2 Å². The molecular weight excluding hydrogens is 297 g/mol. The van der Waals surface area contributed by atoms with Crippen LogP contribution in [-0.2, 0) is 12.8 Å². The smallest absolute Gasteiger partial charge is 0.416 e. The molecule has 0 fully saturated rings. The molecule has 0 amide bonds. The number of anilines is 1. The Morgan fingerprint density at radius 2 is 1.86 bits per heavy atom. The lowest BCUT2D eigenvalue weighted by molar-refractivity contribution is -0.137. The molecule has 2 heterocycles. The van der Waals surface area contributed by atoms with Gasteiger partial charge in [0, 0.05) is 0 Å². The molecule has 0 unspecified atom stereocenters. The monoisotopic (exact) mass is 308 g/mol. The molecule has 8 heteroatoms. The first-order valence-electron chi connectivity index (χ1n) is 6.34. The Hall–Kier alpha value is -2.77. The van der Waals surface area contributed by atoms with E-state index >= 15 is 0 Å². The molecule has 3 rings (SSSR count). The van der Waals surface area contributed by atoms with Crippen molar-refractivity contribution in [3.63, 3.8) is 0 Å². The van der Waals surface area contributed by atoms with Gasteiger partial charge in [0.15, 0.2) is 11.5 Å². The van der Waals surface area contributed by atoms with E-state index in [2.05, 4.69) is 10.2 Å². The molecule has 0 aliphatic carbocycles. The van der Waals surface area contributed by atoms with Crippen LogP contribution in [0.3, 0.4) is 0 Å². The van der Waals surface area contributed by atoms with Gasteiger partial charge in [0.2, 0.25) is 0 Å². The predicted octanol–water partition coefficient (Wildman–Crippen LogP) is 2.91. The number of nitrogen functional groups attached to an aromatic ring is 1. The first-order valence-corrected chi connectivity index (χ1v) is 6.34. The zero-order valence-electron chi connectivity index (χ0n) is 11.2. The Balaban J connectivity index is 1.83. The normalized spacial score (nSPS) is 11.8. The number of ether oxygens (including phenoxy) is 1. The Labute approximate surface area is 123 Å². The van der Waals surface area contributed by atoms with E-state index in [-0.39, 0.29) is 12.4 Å². The van der Waals surface area contributed by atoms with Crippen LogP contribution < -0.4 is 10.5 Å². The molecule has 0 saturated carbocycles. The van der Waals surface area contributed by atoms with E-state index in [1.54, 1.807) is 22.6 Å².